The molecule has 12 aromatic rings. The molecule has 12 aromatic carbocycles. The van der Waals surface area contributed by atoms with Crippen molar-refractivity contribution < 1.29 is 0 Å². The second kappa shape index (κ2) is 18.2. The first-order valence-electron chi connectivity index (χ1n) is 24.9. The lowest BCUT2D eigenvalue weighted by atomic mass is 9.67. The summed E-state index contributed by atoms with van der Waals surface area (Å²) in [7, 11) is 0. The van der Waals surface area contributed by atoms with Crippen LogP contribution in [0.5, 0.6) is 0 Å². The maximum absolute atomic E-state index is 2.49. The van der Waals surface area contributed by atoms with E-state index in [1.807, 2.05) is 0 Å². The highest BCUT2D eigenvalue weighted by molar-refractivity contribution is 6.09. The van der Waals surface area contributed by atoms with Gasteiger partial charge in [0.25, 0.3) is 0 Å². The van der Waals surface area contributed by atoms with Gasteiger partial charge in [0.2, 0.25) is 0 Å². The highest BCUT2D eigenvalue weighted by atomic mass is 15.1. The Balaban J connectivity index is 1.03. The minimum absolute atomic E-state index is 0.553. The summed E-state index contributed by atoms with van der Waals surface area (Å²) in [6.45, 7) is 0. The first-order valence-corrected chi connectivity index (χ1v) is 24.9. The molecule has 0 fully saturated rings. The number of hydrogen-bond acceptors (Lipinski definition) is 1. The molecule has 1 aliphatic carbocycles. The van der Waals surface area contributed by atoms with Crippen molar-refractivity contribution in [2.24, 2.45) is 0 Å². The maximum Gasteiger partial charge on any atom is 0.0714 e. The van der Waals surface area contributed by atoms with E-state index >= 15 is 0 Å². The first kappa shape index (κ1) is 42.8. The van der Waals surface area contributed by atoms with Crippen LogP contribution < -0.4 is 4.90 Å². The van der Waals surface area contributed by atoms with Gasteiger partial charge in [-0.25, -0.2) is 0 Å². The van der Waals surface area contributed by atoms with Gasteiger partial charge in [-0.05, 0) is 131 Å². The van der Waals surface area contributed by atoms with Crippen molar-refractivity contribution in [3.8, 4) is 66.8 Å². The van der Waals surface area contributed by atoms with E-state index in [0.717, 1.165) is 28.2 Å². The Bertz CT molecular complexity index is 3840. The minimum atomic E-state index is -0.553. The Hall–Kier alpha value is -9.30. The lowest BCUT2D eigenvalue weighted by Gasteiger charge is -2.35. The van der Waals surface area contributed by atoms with Crippen molar-refractivity contribution in [3.63, 3.8) is 0 Å². The predicted molar refractivity (Wildman–Crippen MR) is 303 cm³/mol. The van der Waals surface area contributed by atoms with Crippen molar-refractivity contribution in [2.45, 2.75) is 5.41 Å². The minimum Gasteiger partial charge on any atom is -0.310 e. The molecular formula is C71H49N. The fourth-order valence-electron chi connectivity index (χ4n) is 11.6. The van der Waals surface area contributed by atoms with Gasteiger partial charge in [0.1, 0.15) is 0 Å². The summed E-state index contributed by atoms with van der Waals surface area (Å²) in [5.74, 6) is 0. The van der Waals surface area contributed by atoms with Crippen LogP contribution in [-0.4, -0.2) is 0 Å². The van der Waals surface area contributed by atoms with Gasteiger partial charge in [0.05, 0.1) is 11.1 Å². The van der Waals surface area contributed by atoms with Crippen molar-refractivity contribution in [1.29, 1.82) is 0 Å². The number of fused-ring (bicyclic) bond motifs is 4. The zero-order valence-corrected chi connectivity index (χ0v) is 39.7. The topological polar surface area (TPSA) is 3.24 Å². The molecule has 1 aliphatic rings. The van der Waals surface area contributed by atoms with Crippen molar-refractivity contribution in [3.05, 3.63) is 320 Å². The van der Waals surface area contributed by atoms with Crippen LogP contribution in [0.1, 0.15) is 22.3 Å². The number of hydrogen-bond donors (Lipinski definition) is 0. The summed E-state index contributed by atoms with van der Waals surface area (Å²) >= 11 is 0. The van der Waals surface area contributed by atoms with E-state index in [1.54, 1.807) is 0 Å². The van der Waals surface area contributed by atoms with Crippen molar-refractivity contribution in [1.82, 2.24) is 0 Å². The Morgan fingerprint density at radius 2 is 0.694 bits per heavy atom. The van der Waals surface area contributed by atoms with Crippen molar-refractivity contribution >= 4 is 27.8 Å². The molecule has 0 aliphatic heterocycles. The zero-order chi connectivity index (χ0) is 47.8. The molecule has 0 saturated carbocycles. The Kier molecular flexibility index (Phi) is 10.8. The third-order valence-electron chi connectivity index (χ3n) is 14.8. The molecule has 1 nitrogen and oxygen atoms in total. The number of nitrogens with zero attached hydrogens (tertiary/aromatic N) is 1. The van der Waals surface area contributed by atoms with Gasteiger partial charge < -0.3 is 4.90 Å². The maximum atomic E-state index is 2.49. The molecule has 0 spiro atoms. The van der Waals surface area contributed by atoms with Crippen LogP contribution in [-0.2, 0) is 5.41 Å². The van der Waals surface area contributed by atoms with E-state index in [4.69, 9.17) is 0 Å². The predicted octanol–water partition coefficient (Wildman–Crippen LogP) is 19.0. The van der Waals surface area contributed by atoms with Gasteiger partial charge in [0, 0.05) is 16.9 Å². The molecule has 72 heavy (non-hydrogen) atoms. The molecule has 0 heterocycles. The number of anilines is 3. The van der Waals surface area contributed by atoms with Crippen LogP contribution in [0.15, 0.2) is 297 Å². The SMILES string of the molecule is c1ccc(-c2ccc(-c3ccc(N(c4ccc5c(c4)C(c4ccccc4)(c4ccccc4)c4ccccc4-5)c4ccccc4-c4cccc5cccc(-c6ccccc6)c45)cc3)cc2-c2ccccc2)cc1. The van der Waals surface area contributed by atoms with Gasteiger partial charge in [0.15, 0.2) is 0 Å². The number of benzene rings is 12. The van der Waals surface area contributed by atoms with E-state index in [0.29, 0.717) is 0 Å². The summed E-state index contributed by atoms with van der Waals surface area (Å²) in [6, 6.07) is 109. The number of para-hydroxylation sites is 1. The summed E-state index contributed by atoms with van der Waals surface area (Å²) < 4.78 is 0. The molecule has 0 unspecified atom stereocenters. The van der Waals surface area contributed by atoms with Crippen molar-refractivity contribution in [2.75, 3.05) is 4.90 Å². The molecule has 0 saturated heterocycles. The third kappa shape index (κ3) is 7.25. The highest BCUT2D eigenvalue weighted by Gasteiger charge is 2.46. The number of rotatable bonds is 10. The molecule has 0 radical (unpaired) electrons. The first-order chi connectivity index (χ1) is 35.7. The molecule has 338 valence electrons. The largest absolute Gasteiger partial charge is 0.310 e. The van der Waals surface area contributed by atoms with Gasteiger partial charge >= 0.3 is 0 Å². The fraction of sp³-hybridized carbons (Fsp3) is 0.0141. The average molecular weight is 916 g/mol. The second-order valence-corrected chi connectivity index (χ2v) is 18.7. The van der Waals surface area contributed by atoms with Crippen LogP contribution in [0.2, 0.25) is 0 Å². The Labute approximate surface area is 422 Å². The van der Waals surface area contributed by atoms with E-state index in [1.165, 1.54) is 88.7 Å². The Morgan fingerprint density at radius 3 is 1.33 bits per heavy atom. The summed E-state index contributed by atoms with van der Waals surface area (Å²) in [4.78, 5) is 2.49. The molecule has 1 heteroatoms. The van der Waals surface area contributed by atoms with Crippen LogP contribution in [0.4, 0.5) is 17.1 Å². The smallest absolute Gasteiger partial charge is 0.0714 e. The van der Waals surface area contributed by atoms with Gasteiger partial charge in [-0.1, -0.05) is 261 Å². The standard InChI is InChI=1S/C71H49N/c1-6-22-51(23-7-1)60-46-42-55(48-66(60)53-26-10-3-11-27-53)50-40-43-58(44-41-50)72(69-39-19-17-35-64(69)65-37-21-29-54-28-20-36-61(70(54)65)52-24-8-2-9-25-52)59-45-47-63-62-34-16-18-38-67(62)71(68(63)49-59,56-30-12-4-13-31-56)57-32-14-5-15-33-57/h1-49H. The van der Waals surface area contributed by atoms with Crippen LogP contribution in [0.25, 0.3) is 77.5 Å². The monoisotopic (exact) mass is 915 g/mol. The van der Waals surface area contributed by atoms with Crippen LogP contribution in [0, 0.1) is 0 Å². The highest BCUT2D eigenvalue weighted by Crippen LogP contribution is 2.57. The third-order valence-corrected chi connectivity index (χ3v) is 14.8. The molecule has 0 amide bonds. The van der Waals surface area contributed by atoms with E-state index in [2.05, 4.69) is 302 Å². The quantitative estimate of drug-likeness (QED) is 0.132. The van der Waals surface area contributed by atoms with E-state index < -0.39 is 5.41 Å². The molecule has 0 N–H and O–H groups in total. The zero-order valence-electron chi connectivity index (χ0n) is 39.7. The lowest BCUT2D eigenvalue weighted by molar-refractivity contribution is 0.768. The molecular weight excluding hydrogens is 867 g/mol. The molecule has 13 rings (SSSR count). The lowest BCUT2D eigenvalue weighted by Crippen LogP contribution is -2.28. The van der Waals surface area contributed by atoms with E-state index in [9.17, 15) is 0 Å². The Morgan fingerprint density at radius 1 is 0.236 bits per heavy atom. The van der Waals surface area contributed by atoms with E-state index in [-0.39, 0.29) is 0 Å². The summed E-state index contributed by atoms with van der Waals surface area (Å²) in [5, 5.41) is 2.44. The van der Waals surface area contributed by atoms with Gasteiger partial charge in [-0.3, -0.25) is 0 Å². The van der Waals surface area contributed by atoms with Gasteiger partial charge in [-0.2, -0.15) is 0 Å². The van der Waals surface area contributed by atoms with Crippen LogP contribution >= 0.6 is 0 Å². The fourth-order valence-corrected chi connectivity index (χ4v) is 11.6. The summed E-state index contributed by atoms with van der Waals surface area (Å²) in [6.07, 6.45) is 0. The summed E-state index contributed by atoms with van der Waals surface area (Å²) in [5.41, 5.74) is 22.2. The average Bonchev–Trinajstić information content (AvgIpc) is 3.76. The molecule has 0 bridgehead atoms. The molecule has 0 aromatic heterocycles. The normalized spacial score (nSPS) is 12.3. The van der Waals surface area contributed by atoms with Gasteiger partial charge in [-0.15, -0.1) is 0 Å². The van der Waals surface area contributed by atoms with Crippen LogP contribution in [0.3, 0.4) is 0 Å². The second-order valence-electron chi connectivity index (χ2n) is 18.7. The molecule has 0 atom stereocenters.